The van der Waals surface area contributed by atoms with E-state index >= 15 is 0 Å². The quantitative estimate of drug-likeness (QED) is 0.0525. The van der Waals surface area contributed by atoms with Gasteiger partial charge in [-0.1, -0.05) is 44.2 Å². The van der Waals surface area contributed by atoms with Crippen molar-refractivity contribution in [2.45, 2.75) is 83.7 Å². The standard InChI is InChI=1S/C61H68N16O9S6/c1-30(2)45-61-76-48(41(92-61)25-86-5)54(84)65-24-44(79)73-49(50(80)32-9-7-6-8-10-32)60-70-40(28-89-60)58-68-38(26-88-58)47-35(56-69-39(27-87-56)53(83)67-37(23-43(78)62-4)59-75-46(31(3)91-59)55(85)74-45)15-16-36(66-47)57-72-42(29-90-57)71-52(82)34-13-11-33(12-14-34)51(81)64-19-22-77-20-17-63-18-21-77/h6-10,15-16,26-30,33-34,37,45,49-50,63,80H,11-14,17-25H2,1-5H3,(H,62,78)(H,64,81)(H,65,84)(H,67,83)(H,71,82)(H,73,79)(H,74,85)/t33?,34?,37-,45-,49-,50-/m0/s1. The molecular weight excluding hydrogens is 1290 g/mol. The number of nitrogens with one attached hydrogen (secondary N) is 8. The number of nitrogens with zero attached hydrogens (tertiary/aromatic N) is 8. The van der Waals surface area contributed by atoms with Crippen LogP contribution < -0.4 is 42.5 Å². The van der Waals surface area contributed by atoms with Crippen molar-refractivity contribution in [1.29, 1.82) is 0 Å². The Labute approximate surface area is 553 Å². The van der Waals surface area contributed by atoms with E-state index in [-0.39, 0.29) is 59.7 Å². The maximum absolute atomic E-state index is 14.4. The first-order valence-corrected chi connectivity index (χ1v) is 35.1. The Kier molecular flexibility index (Phi) is 21.4. The third kappa shape index (κ3) is 15.5. The second-order valence-electron chi connectivity index (χ2n) is 22.6. The van der Waals surface area contributed by atoms with Crippen molar-refractivity contribution in [2.24, 2.45) is 17.8 Å². The van der Waals surface area contributed by atoms with Crippen LogP contribution in [0, 0.1) is 24.7 Å². The molecule has 8 aromatic rings. The third-order valence-electron chi connectivity index (χ3n) is 15.9. The minimum atomic E-state index is -1.28. The Morgan fingerprint density at radius 2 is 1.38 bits per heavy atom. The number of pyridine rings is 1. The zero-order valence-corrected chi connectivity index (χ0v) is 55.7. The van der Waals surface area contributed by atoms with Gasteiger partial charge in [0.25, 0.3) is 17.7 Å². The van der Waals surface area contributed by atoms with Crippen LogP contribution in [0.25, 0.3) is 43.4 Å². The molecule has 1 aromatic carbocycles. The van der Waals surface area contributed by atoms with Gasteiger partial charge in [0.15, 0.2) is 0 Å². The van der Waals surface area contributed by atoms with E-state index < -0.39 is 60.3 Å². The predicted molar refractivity (Wildman–Crippen MR) is 353 cm³/mol. The Balaban J connectivity index is 0.903. The van der Waals surface area contributed by atoms with Crippen LogP contribution in [0.5, 0.6) is 0 Å². The number of aryl methyl sites for hydroxylation is 1. The van der Waals surface area contributed by atoms with Gasteiger partial charge in [-0.2, -0.15) is 0 Å². The number of carbonyl (C=O) groups excluding carboxylic acids is 7. The van der Waals surface area contributed by atoms with Gasteiger partial charge in [-0.3, -0.25) is 38.5 Å². The summed E-state index contributed by atoms with van der Waals surface area (Å²) in [4.78, 5) is 134. The van der Waals surface area contributed by atoms with Gasteiger partial charge in [0.2, 0.25) is 23.6 Å². The highest BCUT2D eigenvalue weighted by molar-refractivity contribution is 7.15. The first kappa shape index (κ1) is 65.8. The molecule has 7 aromatic heterocycles. The SMILES string of the molecule is CNC(=O)C[C@@H]1NC(=O)c2csc(n2)-c2ccc(-c3nc(NC(=O)C4CCC(C(=O)NCCN5CCNCC5)CC4)cs3)nc2-c2csc(n2)-c2csc(n2)[C@H]([C@@H](O)c2ccccc2)NC(=O)CNC(=O)c2nc(sc2COC)[C@H](C(C)C)NC(=O)c2nc1sc2C. The number of hydrogen-bond acceptors (Lipinski definition) is 24. The lowest BCUT2D eigenvalue weighted by molar-refractivity contribution is -0.128. The monoisotopic (exact) mass is 1360 g/mol. The molecule has 10 bridgehead atoms. The fourth-order valence-electron chi connectivity index (χ4n) is 10.9. The Morgan fingerprint density at radius 3 is 2.13 bits per heavy atom. The highest BCUT2D eigenvalue weighted by Crippen LogP contribution is 2.41. The lowest BCUT2D eigenvalue weighted by Gasteiger charge is -2.29. The van der Waals surface area contributed by atoms with Crippen molar-refractivity contribution in [2.75, 3.05) is 65.3 Å². The van der Waals surface area contributed by atoms with Crippen LogP contribution in [0.4, 0.5) is 5.82 Å². The number of piperazine rings is 1. The number of ether oxygens (including phenoxy) is 1. The number of thiazole rings is 6. The van der Waals surface area contributed by atoms with Gasteiger partial charge in [0, 0.05) is 97.2 Å². The van der Waals surface area contributed by atoms with E-state index in [9.17, 15) is 38.7 Å². The van der Waals surface area contributed by atoms with Crippen molar-refractivity contribution in [3.63, 3.8) is 0 Å². The first-order chi connectivity index (χ1) is 44.5. The molecule has 0 unspecified atom stereocenters. The number of amides is 7. The number of carbonyl (C=O) groups is 7. The van der Waals surface area contributed by atoms with Gasteiger partial charge in [-0.25, -0.2) is 34.9 Å². The smallest absolute Gasteiger partial charge is 0.271 e. The number of rotatable bonds is 14. The average Bonchev–Trinajstić information content (AvgIpc) is 1.63. The lowest BCUT2D eigenvalue weighted by atomic mass is 9.81. The van der Waals surface area contributed by atoms with Crippen molar-refractivity contribution in [1.82, 2.24) is 77.0 Å². The summed E-state index contributed by atoms with van der Waals surface area (Å²) in [6.07, 6.45) is 0.886. The van der Waals surface area contributed by atoms with E-state index in [1.54, 1.807) is 53.4 Å². The van der Waals surface area contributed by atoms with E-state index in [0.29, 0.717) is 112 Å². The molecule has 4 atom stereocenters. The zero-order valence-electron chi connectivity index (χ0n) is 50.8. The van der Waals surface area contributed by atoms with E-state index in [0.717, 1.165) is 44.1 Å². The molecule has 11 rings (SSSR count). The summed E-state index contributed by atoms with van der Waals surface area (Å²) in [5.74, 6) is -3.29. The number of hydrogen-bond donors (Lipinski definition) is 9. The molecule has 1 saturated heterocycles. The van der Waals surface area contributed by atoms with Gasteiger partial charge in [-0.15, -0.1) is 68.0 Å². The Morgan fingerprint density at radius 1 is 0.685 bits per heavy atom. The van der Waals surface area contributed by atoms with Crippen molar-refractivity contribution in [3.05, 3.63) is 111 Å². The summed E-state index contributed by atoms with van der Waals surface area (Å²) < 4.78 is 5.47. The maximum atomic E-state index is 14.4. The Bertz CT molecular complexity index is 3980. The van der Waals surface area contributed by atoms with Crippen LogP contribution in [0.1, 0.15) is 132 Å². The molecule has 25 nitrogen and oxygen atoms in total. The highest BCUT2D eigenvalue weighted by atomic mass is 32.1. The van der Waals surface area contributed by atoms with Crippen LogP contribution in [-0.2, 0) is 30.5 Å². The second-order valence-corrected chi connectivity index (χ2v) is 28.4. The van der Waals surface area contributed by atoms with Gasteiger partial charge < -0.3 is 52.4 Å². The minimum Gasteiger partial charge on any atom is -0.386 e. The molecule has 92 heavy (non-hydrogen) atoms. The summed E-state index contributed by atoms with van der Waals surface area (Å²) in [5.41, 5.74) is 2.83. The normalized spacial score (nSPS) is 19.7. The summed E-state index contributed by atoms with van der Waals surface area (Å²) in [6.45, 7) is 10.2. The molecular formula is C61H68N16O9S6. The van der Waals surface area contributed by atoms with E-state index in [1.165, 1.54) is 70.8 Å². The van der Waals surface area contributed by atoms with E-state index in [4.69, 9.17) is 39.6 Å². The van der Waals surface area contributed by atoms with Crippen molar-refractivity contribution < 1.29 is 43.4 Å². The predicted octanol–water partition coefficient (Wildman–Crippen LogP) is 7.08. The molecule has 3 aliphatic rings. The number of methoxy groups -OCH3 is 1. The van der Waals surface area contributed by atoms with Crippen molar-refractivity contribution >= 4 is 115 Å². The lowest BCUT2D eigenvalue weighted by Crippen LogP contribution is -2.46. The molecule has 7 amide bonds. The molecule has 0 radical (unpaired) electrons. The summed E-state index contributed by atoms with van der Waals surface area (Å²) in [6, 6.07) is 9.61. The molecule has 2 fully saturated rings. The number of fused-ring (bicyclic) bond motifs is 14. The van der Waals surface area contributed by atoms with Crippen LogP contribution in [-0.4, -0.2) is 146 Å². The first-order valence-electron chi connectivity index (χ1n) is 30.0. The topological polar surface area (TPSA) is 339 Å². The number of aliphatic hydroxyl groups excluding tert-OH is 1. The van der Waals surface area contributed by atoms with Crippen LogP contribution in [0.15, 0.2) is 64.0 Å². The highest BCUT2D eigenvalue weighted by Gasteiger charge is 2.34. The number of benzene rings is 1. The average molecular weight is 1360 g/mol. The molecule has 9 heterocycles. The number of aromatic nitrogens is 7. The molecule has 0 spiro atoms. The zero-order chi connectivity index (χ0) is 64.6. The molecule has 482 valence electrons. The second kappa shape index (κ2) is 29.9. The summed E-state index contributed by atoms with van der Waals surface area (Å²) >= 11 is 7.28. The number of aliphatic hydroxyl groups is 1. The maximum Gasteiger partial charge on any atom is 0.271 e. The van der Waals surface area contributed by atoms with Crippen LogP contribution in [0.3, 0.4) is 0 Å². The van der Waals surface area contributed by atoms with E-state index in [2.05, 4.69) is 47.4 Å². The summed E-state index contributed by atoms with van der Waals surface area (Å²) in [5, 5.41) is 45.0. The Hall–Kier alpha value is -7.72. The molecule has 1 aliphatic carbocycles. The largest absolute Gasteiger partial charge is 0.386 e. The van der Waals surface area contributed by atoms with E-state index in [1.807, 2.05) is 31.4 Å². The van der Waals surface area contributed by atoms with Gasteiger partial charge in [-0.05, 0) is 56.2 Å². The molecule has 2 aliphatic heterocycles. The molecule has 31 heteroatoms. The summed E-state index contributed by atoms with van der Waals surface area (Å²) in [7, 11) is 2.95. The van der Waals surface area contributed by atoms with Gasteiger partial charge >= 0.3 is 0 Å². The van der Waals surface area contributed by atoms with Crippen LogP contribution >= 0.6 is 68.0 Å². The van der Waals surface area contributed by atoms with Gasteiger partial charge in [0.1, 0.15) is 82.2 Å². The van der Waals surface area contributed by atoms with Crippen molar-refractivity contribution in [3.8, 4) is 43.4 Å². The molecule has 9 N–H and O–H groups in total. The minimum absolute atomic E-state index is 0.00131. The fourth-order valence-corrected chi connectivity index (χ4v) is 16.4. The van der Waals surface area contributed by atoms with Gasteiger partial charge in [0.05, 0.1) is 42.2 Å². The van der Waals surface area contributed by atoms with Crippen LogP contribution in [0.2, 0.25) is 0 Å². The molecule has 1 saturated carbocycles. The third-order valence-corrected chi connectivity index (χ3v) is 21.6. The number of anilines is 1. The fraction of sp³-hybridized carbons (Fsp3) is 0.410.